The van der Waals surface area contributed by atoms with Crippen LogP contribution in [0.1, 0.15) is 39.5 Å². The zero-order valence-electron chi connectivity index (χ0n) is 14.5. The number of carbonyl (C=O) groups is 1. The Balaban J connectivity index is 2.15. The van der Waals surface area contributed by atoms with E-state index in [4.69, 9.17) is 16.9 Å². The molecule has 0 aliphatic rings. The predicted octanol–water partition coefficient (Wildman–Crippen LogP) is 4.01. The summed E-state index contributed by atoms with van der Waals surface area (Å²) < 4.78 is 1.56. The molecule has 3 rings (SSSR count). The number of aromatic nitrogens is 2. The molecule has 2 heterocycles. The van der Waals surface area contributed by atoms with Crippen molar-refractivity contribution in [1.29, 1.82) is 5.26 Å². The summed E-state index contributed by atoms with van der Waals surface area (Å²) in [4.78, 5) is 29.7. The third-order valence-corrected chi connectivity index (χ3v) is 5.70. The van der Waals surface area contributed by atoms with Gasteiger partial charge in [-0.15, -0.1) is 11.3 Å². The summed E-state index contributed by atoms with van der Waals surface area (Å²) in [6.07, 6.45) is 1.26. The number of carboxylic acid groups (broad SMARTS) is 1. The molecule has 0 amide bonds. The number of halogens is 1. The molecule has 0 unspecified atom stereocenters. The molecular weight excluding hydrogens is 386 g/mol. The van der Waals surface area contributed by atoms with Gasteiger partial charge in [-0.2, -0.15) is 5.26 Å². The van der Waals surface area contributed by atoms with Gasteiger partial charge in [-0.3, -0.25) is 9.36 Å². The fourth-order valence-electron chi connectivity index (χ4n) is 2.93. The Kier molecular flexibility index (Phi) is 5.59. The molecule has 8 heteroatoms. The lowest BCUT2D eigenvalue weighted by Gasteiger charge is -2.12. The lowest BCUT2D eigenvalue weighted by Crippen LogP contribution is -2.25. The molecule has 1 aromatic carbocycles. The first-order chi connectivity index (χ1) is 12.9. The summed E-state index contributed by atoms with van der Waals surface area (Å²) in [7, 11) is 0. The van der Waals surface area contributed by atoms with Gasteiger partial charge in [0.1, 0.15) is 15.5 Å². The monoisotopic (exact) mass is 401 g/mol. The first kappa shape index (κ1) is 19.1. The zero-order chi connectivity index (χ0) is 19.6. The summed E-state index contributed by atoms with van der Waals surface area (Å²) in [5, 5.41) is 19.1. The molecule has 138 valence electrons. The SMILES string of the molecule is Cc1c(C(=O)O)sc2nc(Cc3ccc(Cl)cc3)n(CCCC#N)c(=O)c12. The van der Waals surface area contributed by atoms with Crippen LogP contribution in [0.3, 0.4) is 0 Å². The van der Waals surface area contributed by atoms with E-state index < -0.39 is 5.97 Å². The van der Waals surface area contributed by atoms with Crippen molar-refractivity contribution in [2.24, 2.45) is 0 Å². The lowest BCUT2D eigenvalue weighted by molar-refractivity contribution is 0.0701. The number of hydrogen-bond donors (Lipinski definition) is 1. The van der Waals surface area contributed by atoms with E-state index in [9.17, 15) is 14.7 Å². The topological polar surface area (TPSA) is 96.0 Å². The van der Waals surface area contributed by atoms with Crippen molar-refractivity contribution in [3.8, 4) is 6.07 Å². The van der Waals surface area contributed by atoms with Gasteiger partial charge in [0, 0.05) is 24.4 Å². The van der Waals surface area contributed by atoms with Gasteiger partial charge in [-0.25, -0.2) is 9.78 Å². The fourth-order valence-corrected chi connectivity index (χ4v) is 4.08. The van der Waals surface area contributed by atoms with Crippen LogP contribution < -0.4 is 5.56 Å². The molecule has 0 atom stereocenters. The maximum Gasteiger partial charge on any atom is 0.346 e. The fraction of sp³-hybridized carbons (Fsp3) is 0.263. The minimum absolute atomic E-state index is 0.127. The smallest absolute Gasteiger partial charge is 0.346 e. The molecule has 0 aliphatic heterocycles. The summed E-state index contributed by atoms with van der Waals surface area (Å²) in [5.41, 5.74) is 1.11. The van der Waals surface area contributed by atoms with Gasteiger partial charge >= 0.3 is 5.97 Å². The first-order valence-corrected chi connectivity index (χ1v) is 9.49. The lowest BCUT2D eigenvalue weighted by atomic mass is 10.1. The molecule has 0 saturated carbocycles. The third kappa shape index (κ3) is 3.87. The van der Waals surface area contributed by atoms with E-state index in [0.717, 1.165) is 16.9 Å². The Morgan fingerprint density at radius 3 is 2.70 bits per heavy atom. The van der Waals surface area contributed by atoms with Gasteiger partial charge in [-0.05, 0) is 36.6 Å². The van der Waals surface area contributed by atoms with Crippen LogP contribution in [-0.2, 0) is 13.0 Å². The highest BCUT2D eigenvalue weighted by atomic mass is 35.5. The van der Waals surface area contributed by atoms with Crippen LogP contribution >= 0.6 is 22.9 Å². The van der Waals surface area contributed by atoms with Gasteiger partial charge in [0.2, 0.25) is 0 Å². The predicted molar refractivity (Wildman–Crippen MR) is 105 cm³/mol. The number of carboxylic acids is 1. The van der Waals surface area contributed by atoms with Gasteiger partial charge in [0.25, 0.3) is 5.56 Å². The van der Waals surface area contributed by atoms with Gasteiger partial charge in [0.15, 0.2) is 0 Å². The van der Waals surface area contributed by atoms with Crippen molar-refractivity contribution in [3.05, 3.63) is 61.5 Å². The van der Waals surface area contributed by atoms with E-state index in [-0.39, 0.29) is 10.4 Å². The normalized spacial score (nSPS) is 10.9. The quantitative estimate of drug-likeness (QED) is 0.629. The molecule has 0 fully saturated rings. The number of unbranched alkanes of at least 4 members (excludes halogenated alkanes) is 1. The standard InChI is InChI=1S/C19H16ClN3O3S/c1-11-15-17(27-16(11)19(25)26)22-14(10-12-4-6-13(20)7-5-12)23(18(15)24)9-3-2-8-21/h4-7H,2-3,9-10H2,1H3,(H,25,26). The molecule has 0 spiro atoms. The number of nitrogens with zero attached hydrogens (tertiary/aromatic N) is 3. The number of nitriles is 1. The Morgan fingerprint density at radius 1 is 1.37 bits per heavy atom. The molecule has 0 radical (unpaired) electrons. The van der Waals surface area contributed by atoms with E-state index in [0.29, 0.717) is 52.4 Å². The summed E-state index contributed by atoms with van der Waals surface area (Å²) >= 11 is 6.94. The number of benzene rings is 1. The van der Waals surface area contributed by atoms with E-state index in [1.54, 1.807) is 23.6 Å². The van der Waals surface area contributed by atoms with Crippen molar-refractivity contribution in [2.75, 3.05) is 0 Å². The van der Waals surface area contributed by atoms with Gasteiger partial charge in [0.05, 0.1) is 11.5 Å². The van der Waals surface area contributed by atoms with Crippen LogP contribution in [0.15, 0.2) is 29.1 Å². The largest absolute Gasteiger partial charge is 0.477 e. The molecule has 6 nitrogen and oxygen atoms in total. The van der Waals surface area contributed by atoms with Crippen LogP contribution in [-0.4, -0.2) is 20.6 Å². The number of rotatable bonds is 6. The van der Waals surface area contributed by atoms with E-state index >= 15 is 0 Å². The number of fused-ring (bicyclic) bond motifs is 1. The van der Waals surface area contributed by atoms with Crippen molar-refractivity contribution in [3.63, 3.8) is 0 Å². The average Bonchev–Trinajstić information content (AvgIpc) is 2.96. The van der Waals surface area contributed by atoms with Crippen molar-refractivity contribution >= 4 is 39.1 Å². The molecule has 0 saturated heterocycles. The van der Waals surface area contributed by atoms with Crippen LogP contribution in [0.2, 0.25) is 5.02 Å². The number of hydrogen-bond acceptors (Lipinski definition) is 5. The Hall–Kier alpha value is -2.69. The van der Waals surface area contributed by atoms with Gasteiger partial charge in [-0.1, -0.05) is 23.7 Å². The van der Waals surface area contributed by atoms with Crippen LogP contribution in [0.25, 0.3) is 10.2 Å². The zero-order valence-corrected chi connectivity index (χ0v) is 16.1. The van der Waals surface area contributed by atoms with Gasteiger partial charge < -0.3 is 5.11 Å². The maximum absolute atomic E-state index is 13.1. The second-order valence-corrected chi connectivity index (χ2v) is 7.53. The second-order valence-electron chi connectivity index (χ2n) is 6.09. The minimum Gasteiger partial charge on any atom is -0.477 e. The molecule has 0 aliphatic carbocycles. The van der Waals surface area contributed by atoms with E-state index in [2.05, 4.69) is 11.1 Å². The molecule has 1 N–H and O–H groups in total. The molecule has 3 aromatic rings. The van der Waals surface area contributed by atoms with Crippen molar-refractivity contribution in [2.45, 2.75) is 32.7 Å². The highest BCUT2D eigenvalue weighted by Crippen LogP contribution is 2.28. The average molecular weight is 402 g/mol. The molecule has 27 heavy (non-hydrogen) atoms. The maximum atomic E-state index is 13.1. The van der Waals surface area contributed by atoms with Crippen LogP contribution in [0.4, 0.5) is 0 Å². The number of aryl methyl sites for hydroxylation is 1. The third-order valence-electron chi connectivity index (χ3n) is 4.27. The molecular formula is C19H16ClN3O3S. The molecule has 0 bridgehead atoms. The Morgan fingerprint density at radius 2 is 2.07 bits per heavy atom. The minimum atomic E-state index is -1.06. The van der Waals surface area contributed by atoms with E-state index in [1.807, 2.05) is 12.1 Å². The van der Waals surface area contributed by atoms with Crippen molar-refractivity contribution in [1.82, 2.24) is 9.55 Å². The molecule has 2 aromatic heterocycles. The highest BCUT2D eigenvalue weighted by Gasteiger charge is 2.21. The summed E-state index contributed by atoms with van der Waals surface area (Å²) in [6.45, 7) is 1.99. The Bertz CT molecular complexity index is 1110. The van der Waals surface area contributed by atoms with Crippen LogP contribution in [0.5, 0.6) is 0 Å². The summed E-state index contributed by atoms with van der Waals surface area (Å²) in [6, 6.07) is 9.34. The second kappa shape index (κ2) is 7.91. The summed E-state index contributed by atoms with van der Waals surface area (Å²) in [5.74, 6) is -0.517. The first-order valence-electron chi connectivity index (χ1n) is 8.30. The Labute approximate surface area is 164 Å². The highest BCUT2D eigenvalue weighted by molar-refractivity contribution is 7.20. The number of thiophene rings is 1. The van der Waals surface area contributed by atoms with Crippen LogP contribution in [0, 0.1) is 18.3 Å². The van der Waals surface area contributed by atoms with Crippen molar-refractivity contribution < 1.29 is 9.90 Å². The number of aromatic carboxylic acids is 1. The van der Waals surface area contributed by atoms with E-state index in [1.165, 1.54) is 0 Å².